The van der Waals surface area contributed by atoms with Crippen LogP contribution in [0.5, 0.6) is 5.88 Å². The van der Waals surface area contributed by atoms with E-state index in [-0.39, 0.29) is 34.8 Å². The van der Waals surface area contributed by atoms with E-state index in [1.807, 2.05) is 6.07 Å². The second kappa shape index (κ2) is 7.45. The Hall–Kier alpha value is -3.40. The molecular formula is C20H15F3N4O2S. The van der Waals surface area contributed by atoms with Gasteiger partial charge >= 0.3 is 11.2 Å². The van der Waals surface area contributed by atoms with Crippen molar-refractivity contribution in [2.24, 2.45) is 0 Å². The number of benzene rings is 2. The minimum atomic E-state index is -4.40. The Morgan fingerprint density at radius 3 is 2.53 bits per heavy atom. The summed E-state index contributed by atoms with van der Waals surface area (Å²) < 4.78 is 39.8. The van der Waals surface area contributed by atoms with Crippen molar-refractivity contribution in [3.8, 4) is 11.6 Å². The first-order valence-electron chi connectivity index (χ1n) is 8.72. The molecule has 6 nitrogen and oxygen atoms in total. The van der Waals surface area contributed by atoms with E-state index in [0.717, 1.165) is 15.5 Å². The van der Waals surface area contributed by atoms with Gasteiger partial charge in [0.2, 0.25) is 5.88 Å². The average Bonchev–Trinajstić information content (AvgIpc) is 2.95. The molecule has 30 heavy (non-hydrogen) atoms. The molecule has 0 fully saturated rings. The summed E-state index contributed by atoms with van der Waals surface area (Å²) >= 11 is -0.249. The van der Waals surface area contributed by atoms with E-state index in [1.54, 1.807) is 24.4 Å². The summed E-state index contributed by atoms with van der Waals surface area (Å²) in [5, 5.41) is 11.1. The first kappa shape index (κ1) is 19.9. The number of halogens is 3. The van der Waals surface area contributed by atoms with Crippen LogP contribution in [0.2, 0.25) is 0 Å². The molecule has 0 bridgehead atoms. The molecule has 0 aliphatic heterocycles. The van der Waals surface area contributed by atoms with Crippen molar-refractivity contribution < 1.29 is 18.3 Å². The Morgan fingerprint density at radius 2 is 1.83 bits per heavy atom. The average molecular weight is 432 g/mol. The Labute approximate surface area is 172 Å². The molecule has 10 heteroatoms. The van der Waals surface area contributed by atoms with Crippen LogP contribution in [0, 0.1) is 0 Å². The van der Waals surface area contributed by atoms with Gasteiger partial charge in [0.25, 0.3) is 0 Å². The lowest BCUT2D eigenvalue weighted by Gasteiger charge is -2.08. The molecule has 3 N–H and O–H groups in total. The van der Waals surface area contributed by atoms with Crippen molar-refractivity contribution in [2.75, 3.05) is 5.73 Å². The van der Waals surface area contributed by atoms with E-state index in [4.69, 9.17) is 5.73 Å². The third-order valence-corrected chi connectivity index (χ3v) is 5.24. The zero-order valence-corrected chi connectivity index (χ0v) is 16.1. The highest BCUT2D eigenvalue weighted by molar-refractivity contribution is 8.00. The molecule has 4 aromatic rings. The van der Waals surface area contributed by atoms with Gasteiger partial charge in [-0.25, -0.2) is 9.36 Å². The number of nitrogens with zero attached hydrogens (tertiary/aromatic N) is 3. The van der Waals surface area contributed by atoms with Crippen molar-refractivity contribution in [3.63, 3.8) is 0 Å². The summed E-state index contributed by atoms with van der Waals surface area (Å²) in [7, 11) is 0. The number of thioether (sulfide) groups is 1. The normalized spacial score (nSPS) is 11.8. The molecule has 0 saturated heterocycles. The molecule has 4 rings (SSSR count). The van der Waals surface area contributed by atoms with Crippen LogP contribution < -0.4 is 11.4 Å². The Balaban J connectivity index is 1.69. The minimum Gasteiger partial charge on any atom is -0.493 e. The van der Waals surface area contributed by atoms with Crippen LogP contribution in [-0.4, -0.2) is 24.7 Å². The first-order valence-corrected chi connectivity index (χ1v) is 9.54. The van der Waals surface area contributed by atoms with E-state index in [9.17, 15) is 23.1 Å². The molecule has 0 aliphatic rings. The fourth-order valence-electron chi connectivity index (χ4n) is 3.21. The highest BCUT2D eigenvalue weighted by atomic mass is 32.2. The number of alkyl halides is 3. The maximum Gasteiger partial charge on any atom is 0.446 e. The molecule has 0 spiro atoms. The molecule has 2 heterocycles. The maximum atomic E-state index is 12.9. The number of para-hydroxylation sites is 1. The van der Waals surface area contributed by atoms with Gasteiger partial charge in [-0.15, -0.1) is 0 Å². The third-order valence-electron chi connectivity index (χ3n) is 4.50. The smallest absolute Gasteiger partial charge is 0.446 e. The molecule has 0 atom stereocenters. The van der Waals surface area contributed by atoms with E-state index in [0.29, 0.717) is 11.2 Å². The number of aromatic nitrogens is 3. The predicted molar refractivity (Wildman–Crippen MR) is 109 cm³/mol. The second-order valence-electron chi connectivity index (χ2n) is 6.49. The number of hydrogen-bond acceptors (Lipinski definition) is 5. The first-order chi connectivity index (χ1) is 14.2. The van der Waals surface area contributed by atoms with Crippen LogP contribution in [-0.2, 0) is 6.54 Å². The van der Waals surface area contributed by atoms with Crippen LogP contribution >= 0.6 is 11.8 Å². The zero-order chi connectivity index (χ0) is 21.5. The summed E-state index contributed by atoms with van der Waals surface area (Å²) in [5.74, 6) is -0.325. The largest absolute Gasteiger partial charge is 0.493 e. The highest BCUT2D eigenvalue weighted by Gasteiger charge is 2.29. The van der Waals surface area contributed by atoms with Crippen LogP contribution in [0.4, 0.5) is 18.9 Å². The van der Waals surface area contributed by atoms with Crippen LogP contribution in [0.3, 0.4) is 0 Å². The molecule has 2 aromatic heterocycles. The number of pyridine rings is 1. The van der Waals surface area contributed by atoms with Gasteiger partial charge < -0.3 is 10.8 Å². The Morgan fingerprint density at radius 1 is 1.10 bits per heavy atom. The van der Waals surface area contributed by atoms with Gasteiger partial charge in [0.1, 0.15) is 0 Å². The van der Waals surface area contributed by atoms with Gasteiger partial charge in [-0.05, 0) is 53.7 Å². The van der Waals surface area contributed by atoms with Gasteiger partial charge in [-0.1, -0.05) is 12.1 Å². The lowest BCUT2D eigenvalue weighted by atomic mass is 10.1. The number of aromatic hydroxyl groups is 1. The summed E-state index contributed by atoms with van der Waals surface area (Å²) in [5.41, 5.74) is 3.19. The fraction of sp³-hybridized carbons (Fsp3) is 0.100. The van der Waals surface area contributed by atoms with E-state index in [1.165, 1.54) is 35.0 Å². The van der Waals surface area contributed by atoms with E-state index < -0.39 is 11.2 Å². The molecule has 0 amide bonds. The molecule has 0 aliphatic carbocycles. The lowest BCUT2D eigenvalue weighted by molar-refractivity contribution is -0.0328. The number of rotatable bonds is 4. The second-order valence-corrected chi connectivity index (χ2v) is 7.63. The SMILES string of the molecule is Nc1cccc2c(Cn3cc(O)n(-c4ccc(SC(F)(F)F)cc4)c3=O)ccnc12. The topological polar surface area (TPSA) is 86.1 Å². The number of hydrogen-bond donors (Lipinski definition) is 2. The van der Waals surface area contributed by atoms with Crippen molar-refractivity contribution >= 4 is 28.4 Å². The molecule has 154 valence electrons. The van der Waals surface area contributed by atoms with Crippen molar-refractivity contribution in [1.82, 2.24) is 14.1 Å². The third kappa shape index (κ3) is 3.86. The van der Waals surface area contributed by atoms with Crippen LogP contribution in [0.15, 0.2) is 70.6 Å². The summed E-state index contributed by atoms with van der Waals surface area (Å²) in [4.78, 5) is 17.1. The molecular weight excluding hydrogens is 417 g/mol. The number of fused-ring (bicyclic) bond motifs is 1. The lowest BCUT2D eigenvalue weighted by Crippen LogP contribution is -2.23. The van der Waals surface area contributed by atoms with Gasteiger partial charge in [0, 0.05) is 16.5 Å². The van der Waals surface area contributed by atoms with E-state index in [2.05, 4.69) is 4.98 Å². The minimum absolute atomic E-state index is 0.0148. The quantitative estimate of drug-likeness (QED) is 0.374. The predicted octanol–water partition coefficient (Wildman–Crippen LogP) is 4.14. The summed E-state index contributed by atoms with van der Waals surface area (Å²) in [6.45, 7) is 0.157. The maximum absolute atomic E-state index is 12.9. The zero-order valence-electron chi connectivity index (χ0n) is 15.3. The fourth-order valence-corrected chi connectivity index (χ4v) is 3.75. The van der Waals surface area contributed by atoms with E-state index >= 15 is 0 Å². The summed E-state index contributed by atoms with van der Waals surface area (Å²) in [6, 6.07) is 12.3. The number of imidazole rings is 1. The monoisotopic (exact) mass is 432 g/mol. The van der Waals surface area contributed by atoms with Crippen molar-refractivity contribution in [1.29, 1.82) is 0 Å². The molecule has 0 saturated carbocycles. The number of nitrogens with two attached hydrogens (primary N) is 1. The molecule has 2 aromatic carbocycles. The van der Waals surface area contributed by atoms with Crippen LogP contribution in [0.1, 0.15) is 5.56 Å². The van der Waals surface area contributed by atoms with Gasteiger partial charge in [-0.3, -0.25) is 9.55 Å². The van der Waals surface area contributed by atoms with Gasteiger partial charge in [0.05, 0.1) is 29.6 Å². The standard InChI is InChI=1S/C20H15F3N4O2S/c21-20(22,23)30-14-6-4-13(5-7-14)27-17(28)11-26(19(27)29)10-12-8-9-25-18-15(12)2-1-3-16(18)24/h1-9,11,28H,10,24H2. The van der Waals surface area contributed by atoms with Gasteiger partial charge in [-0.2, -0.15) is 13.2 Å². The summed E-state index contributed by atoms with van der Waals surface area (Å²) in [6.07, 6.45) is 2.87. The van der Waals surface area contributed by atoms with Gasteiger partial charge in [0.15, 0.2) is 0 Å². The number of anilines is 1. The molecule has 0 radical (unpaired) electrons. The van der Waals surface area contributed by atoms with Crippen LogP contribution in [0.25, 0.3) is 16.6 Å². The number of nitrogen functional groups attached to an aromatic ring is 1. The van der Waals surface area contributed by atoms with Crippen molar-refractivity contribution in [2.45, 2.75) is 16.9 Å². The molecule has 0 unspecified atom stereocenters. The highest BCUT2D eigenvalue weighted by Crippen LogP contribution is 2.37. The van der Waals surface area contributed by atoms with Crippen molar-refractivity contribution in [3.05, 3.63) is 77.0 Å². The Kier molecular flexibility index (Phi) is 4.94. The Bertz CT molecular complexity index is 1280.